The molecular weight excluding hydrogens is 378 g/mol. The predicted molar refractivity (Wildman–Crippen MR) is 95.3 cm³/mol. The van der Waals surface area contributed by atoms with Crippen molar-refractivity contribution in [3.05, 3.63) is 35.4 Å². The normalized spacial score (nSPS) is 22.1. The quantitative estimate of drug-likeness (QED) is 0.787. The second-order valence-corrected chi connectivity index (χ2v) is 9.05. The highest BCUT2D eigenvalue weighted by molar-refractivity contribution is 7.88. The van der Waals surface area contributed by atoms with E-state index in [2.05, 4.69) is 5.32 Å². The van der Waals surface area contributed by atoms with Gasteiger partial charge in [-0.15, -0.1) is 0 Å². The van der Waals surface area contributed by atoms with Crippen LogP contribution in [0.4, 0.5) is 8.78 Å². The van der Waals surface area contributed by atoms with E-state index in [4.69, 9.17) is 4.74 Å². The summed E-state index contributed by atoms with van der Waals surface area (Å²) in [7, 11) is -3.68. The lowest BCUT2D eigenvalue weighted by Crippen LogP contribution is -2.43. The van der Waals surface area contributed by atoms with Crippen molar-refractivity contribution in [1.29, 1.82) is 0 Å². The van der Waals surface area contributed by atoms with Crippen LogP contribution in [0, 0.1) is 17.6 Å². The van der Waals surface area contributed by atoms with E-state index in [0.29, 0.717) is 45.1 Å². The molecule has 150 valence electrons. The summed E-state index contributed by atoms with van der Waals surface area (Å²) in [6.45, 7) is 1.76. The van der Waals surface area contributed by atoms with Gasteiger partial charge in [0.25, 0.3) is 0 Å². The van der Waals surface area contributed by atoms with E-state index in [1.54, 1.807) is 0 Å². The van der Waals surface area contributed by atoms with Crippen molar-refractivity contribution in [2.75, 3.05) is 26.2 Å². The van der Waals surface area contributed by atoms with Gasteiger partial charge in [-0.25, -0.2) is 21.5 Å². The van der Waals surface area contributed by atoms with Crippen LogP contribution in [-0.2, 0) is 25.3 Å². The van der Waals surface area contributed by atoms with Gasteiger partial charge < -0.3 is 10.1 Å². The van der Waals surface area contributed by atoms with Gasteiger partial charge in [-0.3, -0.25) is 4.79 Å². The van der Waals surface area contributed by atoms with Crippen LogP contribution in [0.25, 0.3) is 0 Å². The molecule has 3 rings (SSSR count). The monoisotopic (exact) mass is 402 g/mol. The van der Waals surface area contributed by atoms with E-state index < -0.39 is 27.4 Å². The summed E-state index contributed by atoms with van der Waals surface area (Å²) >= 11 is 0. The molecule has 2 aliphatic heterocycles. The number of hydrogen-bond donors (Lipinski definition) is 1. The fourth-order valence-electron chi connectivity index (χ4n) is 3.46. The molecule has 0 saturated carbocycles. The standard InChI is InChI=1S/C18H24F2N2O4S/c19-15-4-3-14(16(20)10-15)12-27(24,25)22-7-5-13(6-8-22)11-21-18(23)17-2-1-9-26-17/h3-4,10,13,17H,1-2,5-9,11-12H2,(H,21,23)/t17-/m0/s1. The lowest BCUT2D eigenvalue weighted by Gasteiger charge is -2.31. The van der Waals surface area contributed by atoms with Crippen molar-refractivity contribution in [2.45, 2.75) is 37.5 Å². The summed E-state index contributed by atoms with van der Waals surface area (Å²) in [5.41, 5.74) is -0.0395. The number of carbonyl (C=O) groups is 1. The molecular formula is C18H24F2N2O4S. The Morgan fingerprint density at radius 2 is 1.96 bits per heavy atom. The minimum absolute atomic E-state index is 0.0395. The molecule has 0 aliphatic carbocycles. The highest BCUT2D eigenvalue weighted by Crippen LogP contribution is 2.22. The van der Waals surface area contributed by atoms with Crippen molar-refractivity contribution in [2.24, 2.45) is 5.92 Å². The zero-order chi connectivity index (χ0) is 19.4. The topological polar surface area (TPSA) is 75.7 Å². The van der Waals surface area contributed by atoms with Gasteiger partial charge in [0, 0.05) is 37.9 Å². The Morgan fingerprint density at radius 1 is 1.22 bits per heavy atom. The number of nitrogens with zero attached hydrogens (tertiary/aromatic N) is 1. The summed E-state index contributed by atoms with van der Waals surface area (Å²) < 4.78 is 58.4. The van der Waals surface area contributed by atoms with Crippen molar-refractivity contribution in [3.8, 4) is 0 Å². The zero-order valence-corrected chi connectivity index (χ0v) is 15.8. The lowest BCUT2D eigenvalue weighted by atomic mass is 9.98. The average molecular weight is 402 g/mol. The molecule has 0 radical (unpaired) electrons. The third-order valence-electron chi connectivity index (χ3n) is 5.11. The molecule has 0 aromatic heterocycles. The van der Waals surface area contributed by atoms with E-state index in [9.17, 15) is 22.0 Å². The molecule has 2 heterocycles. The number of ether oxygens (including phenoxy) is 1. The van der Waals surface area contributed by atoms with Crippen LogP contribution < -0.4 is 5.32 Å². The molecule has 2 fully saturated rings. The van der Waals surface area contributed by atoms with Crippen LogP contribution in [0.2, 0.25) is 0 Å². The summed E-state index contributed by atoms with van der Waals surface area (Å²) in [5, 5.41) is 2.88. The largest absolute Gasteiger partial charge is 0.368 e. The van der Waals surface area contributed by atoms with Crippen molar-refractivity contribution >= 4 is 15.9 Å². The smallest absolute Gasteiger partial charge is 0.249 e. The summed E-state index contributed by atoms with van der Waals surface area (Å²) in [5.74, 6) is -1.98. The molecule has 2 aliphatic rings. The molecule has 0 unspecified atom stereocenters. The number of sulfonamides is 1. The zero-order valence-electron chi connectivity index (χ0n) is 15.0. The fourth-order valence-corrected chi connectivity index (χ4v) is 5.04. The summed E-state index contributed by atoms with van der Waals surface area (Å²) in [4.78, 5) is 12.0. The molecule has 2 saturated heterocycles. The first-order valence-corrected chi connectivity index (χ1v) is 10.8. The molecule has 1 aromatic rings. The van der Waals surface area contributed by atoms with E-state index in [-0.39, 0.29) is 23.5 Å². The van der Waals surface area contributed by atoms with E-state index >= 15 is 0 Å². The van der Waals surface area contributed by atoms with Gasteiger partial charge in [0.2, 0.25) is 15.9 Å². The number of benzene rings is 1. The molecule has 0 bridgehead atoms. The molecule has 1 N–H and O–H groups in total. The number of hydrogen-bond acceptors (Lipinski definition) is 4. The molecule has 1 aromatic carbocycles. The first kappa shape index (κ1) is 20.2. The number of rotatable bonds is 6. The Labute approximate surface area is 157 Å². The number of amides is 1. The number of halogens is 2. The minimum Gasteiger partial charge on any atom is -0.368 e. The first-order valence-electron chi connectivity index (χ1n) is 9.16. The van der Waals surface area contributed by atoms with Gasteiger partial charge >= 0.3 is 0 Å². The number of nitrogens with one attached hydrogen (secondary N) is 1. The Bertz CT molecular complexity index is 774. The fraction of sp³-hybridized carbons (Fsp3) is 0.611. The van der Waals surface area contributed by atoms with Crippen LogP contribution in [0.5, 0.6) is 0 Å². The first-order chi connectivity index (χ1) is 12.8. The van der Waals surface area contributed by atoms with Gasteiger partial charge in [-0.1, -0.05) is 6.07 Å². The van der Waals surface area contributed by atoms with Crippen LogP contribution in [-0.4, -0.2) is 51.0 Å². The molecule has 0 spiro atoms. The summed E-state index contributed by atoms with van der Waals surface area (Å²) in [6, 6.07) is 2.90. The third kappa shape index (κ3) is 5.24. The minimum atomic E-state index is -3.68. The number of carbonyl (C=O) groups excluding carboxylic acids is 1. The second kappa shape index (κ2) is 8.62. The van der Waals surface area contributed by atoms with Crippen LogP contribution >= 0.6 is 0 Å². The maximum absolute atomic E-state index is 13.7. The second-order valence-electron chi connectivity index (χ2n) is 7.08. The highest BCUT2D eigenvalue weighted by Gasteiger charge is 2.30. The number of piperidine rings is 1. The Morgan fingerprint density at radius 3 is 2.59 bits per heavy atom. The van der Waals surface area contributed by atoms with E-state index in [1.165, 1.54) is 4.31 Å². The van der Waals surface area contributed by atoms with E-state index in [0.717, 1.165) is 25.0 Å². The SMILES string of the molecule is O=C(NCC1CCN(S(=O)(=O)Cc2ccc(F)cc2F)CC1)[C@@H]1CCCO1. The lowest BCUT2D eigenvalue weighted by molar-refractivity contribution is -0.130. The van der Waals surface area contributed by atoms with Crippen molar-refractivity contribution < 1.29 is 26.7 Å². The molecule has 27 heavy (non-hydrogen) atoms. The Hall–Kier alpha value is -1.58. The summed E-state index contributed by atoms with van der Waals surface area (Å²) in [6.07, 6.45) is 2.51. The van der Waals surface area contributed by atoms with E-state index in [1.807, 2.05) is 0 Å². The van der Waals surface area contributed by atoms with Crippen LogP contribution in [0.15, 0.2) is 18.2 Å². The Kier molecular flexibility index (Phi) is 6.44. The van der Waals surface area contributed by atoms with Crippen LogP contribution in [0.1, 0.15) is 31.2 Å². The van der Waals surface area contributed by atoms with Gasteiger partial charge in [0.1, 0.15) is 17.7 Å². The highest BCUT2D eigenvalue weighted by atomic mass is 32.2. The van der Waals surface area contributed by atoms with Gasteiger partial charge in [0.05, 0.1) is 5.75 Å². The molecule has 1 atom stereocenters. The molecule has 6 nitrogen and oxygen atoms in total. The van der Waals surface area contributed by atoms with Crippen molar-refractivity contribution in [1.82, 2.24) is 9.62 Å². The third-order valence-corrected chi connectivity index (χ3v) is 6.93. The van der Waals surface area contributed by atoms with Gasteiger partial charge in [0.15, 0.2) is 0 Å². The average Bonchev–Trinajstić information content (AvgIpc) is 3.17. The predicted octanol–water partition coefficient (Wildman–Crippen LogP) is 1.80. The van der Waals surface area contributed by atoms with Crippen LogP contribution in [0.3, 0.4) is 0 Å². The maximum atomic E-state index is 13.7. The van der Waals surface area contributed by atoms with Crippen molar-refractivity contribution in [3.63, 3.8) is 0 Å². The molecule has 9 heteroatoms. The van der Waals surface area contributed by atoms with Gasteiger partial charge in [-0.05, 0) is 37.7 Å². The Balaban J connectivity index is 1.48. The maximum Gasteiger partial charge on any atom is 0.249 e. The van der Waals surface area contributed by atoms with Gasteiger partial charge in [-0.2, -0.15) is 0 Å². The molecule has 1 amide bonds.